The van der Waals surface area contributed by atoms with E-state index in [0.717, 1.165) is 29.4 Å². The van der Waals surface area contributed by atoms with Crippen molar-refractivity contribution >= 4 is 29.0 Å². The van der Waals surface area contributed by atoms with Crippen LogP contribution in [0.4, 0.5) is 11.4 Å². The van der Waals surface area contributed by atoms with Crippen molar-refractivity contribution in [3.05, 3.63) is 48.0 Å². The van der Waals surface area contributed by atoms with Crippen LogP contribution >= 0.6 is 11.8 Å². The third-order valence-corrected chi connectivity index (χ3v) is 5.23. The lowest BCUT2D eigenvalue weighted by Gasteiger charge is -2.30. The number of benzene rings is 2. The van der Waals surface area contributed by atoms with Gasteiger partial charge in [-0.3, -0.25) is 4.79 Å². The van der Waals surface area contributed by atoms with Crippen molar-refractivity contribution in [3.63, 3.8) is 0 Å². The van der Waals surface area contributed by atoms with Crippen molar-refractivity contribution in [1.82, 2.24) is 0 Å². The van der Waals surface area contributed by atoms with Crippen molar-refractivity contribution in [3.8, 4) is 5.75 Å². The Morgan fingerprint density at radius 2 is 1.88 bits per heavy atom. The second kappa shape index (κ2) is 8.30. The molecule has 0 radical (unpaired) electrons. The number of methoxy groups -OCH3 is 1. The normalized spacial score (nSPS) is 14.2. The number of para-hydroxylation sites is 2. The second-order valence-electron chi connectivity index (χ2n) is 6.09. The quantitative estimate of drug-likeness (QED) is 0.791. The number of amides is 1. The molecule has 0 bridgehead atoms. The van der Waals surface area contributed by atoms with Gasteiger partial charge >= 0.3 is 0 Å². The largest absolute Gasteiger partial charge is 0.496 e. The molecular formula is C20H24N2O2S. The minimum atomic E-state index is -0.144. The smallest absolute Gasteiger partial charge is 0.259 e. The van der Waals surface area contributed by atoms with Gasteiger partial charge in [-0.2, -0.15) is 0 Å². The zero-order valence-corrected chi connectivity index (χ0v) is 15.6. The third kappa shape index (κ3) is 4.10. The summed E-state index contributed by atoms with van der Waals surface area (Å²) in [6.45, 7) is 2.08. The molecule has 1 N–H and O–H groups in total. The molecule has 1 amide bonds. The molecule has 0 saturated carbocycles. The number of carbonyl (C=O) groups excluding carboxylic acids is 1. The van der Waals surface area contributed by atoms with E-state index in [4.69, 9.17) is 4.74 Å². The van der Waals surface area contributed by atoms with E-state index >= 15 is 0 Å². The van der Waals surface area contributed by atoms with E-state index in [-0.39, 0.29) is 5.91 Å². The van der Waals surface area contributed by atoms with Crippen LogP contribution in [0.1, 0.15) is 29.6 Å². The van der Waals surface area contributed by atoms with Crippen molar-refractivity contribution in [2.45, 2.75) is 24.2 Å². The van der Waals surface area contributed by atoms with Gasteiger partial charge in [0.2, 0.25) is 0 Å². The summed E-state index contributed by atoms with van der Waals surface area (Å²) in [6.07, 6.45) is 5.69. The highest BCUT2D eigenvalue weighted by molar-refractivity contribution is 7.98. The lowest BCUT2D eigenvalue weighted by molar-refractivity contribution is 0.102. The predicted octanol–water partition coefficient (Wildman–Crippen LogP) is 4.66. The average molecular weight is 356 g/mol. The van der Waals surface area contributed by atoms with Crippen LogP contribution in [-0.4, -0.2) is 32.4 Å². The van der Waals surface area contributed by atoms with Gasteiger partial charge in [0.05, 0.1) is 24.0 Å². The number of anilines is 2. The van der Waals surface area contributed by atoms with E-state index in [1.807, 2.05) is 42.7 Å². The van der Waals surface area contributed by atoms with E-state index in [1.165, 1.54) is 19.3 Å². The van der Waals surface area contributed by atoms with Crippen LogP contribution in [0.15, 0.2) is 47.4 Å². The number of hydrogen-bond acceptors (Lipinski definition) is 4. The highest BCUT2D eigenvalue weighted by Crippen LogP contribution is 2.30. The molecule has 4 nitrogen and oxygen atoms in total. The fraction of sp³-hybridized carbons (Fsp3) is 0.350. The van der Waals surface area contributed by atoms with Gasteiger partial charge in [0.15, 0.2) is 0 Å². The monoisotopic (exact) mass is 356 g/mol. The van der Waals surface area contributed by atoms with Gasteiger partial charge in [-0.05, 0) is 55.9 Å². The molecular weight excluding hydrogens is 332 g/mol. The first-order chi connectivity index (χ1) is 12.2. The molecule has 5 heteroatoms. The molecule has 3 rings (SSSR count). The number of thioether (sulfide) groups is 1. The molecule has 0 spiro atoms. The standard InChI is InChI=1S/C20H24N2O2S/c1-24-19-14-15(25-2)10-11-16(19)20(23)21-17-8-4-5-9-18(17)22-12-6-3-7-13-22/h4-5,8-11,14H,3,6-7,12-13H2,1-2H3,(H,21,23). The molecule has 1 heterocycles. The second-order valence-corrected chi connectivity index (χ2v) is 6.96. The van der Waals surface area contributed by atoms with E-state index < -0.39 is 0 Å². The summed E-state index contributed by atoms with van der Waals surface area (Å²) in [7, 11) is 1.60. The van der Waals surface area contributed by atoms with Gasteiger partial charge in [-0.25, -0.2) is 0 Å². The van der Waals surface area contributed by atoms with Crippen molar-refractivity contribution in [2.75, 3.05) is 36.7 Å². The summed E-state index contributed by atoms with van der Waals surface area (Å²) in [5.74, 6) is 0.453. The van der Waals surface area contributed by atoms with E-state index in [9.17, 15) is 4.79 Å². The van der Waals surface area contributed by atoms with Crippen LogP contribution in [0.5, 0.6) is 5.75 Å². The van der Waals surface area contributed by atoms with Crippen LogP contribution in [0.25, 0.3) is 0 Å². The maximum absolute atomic E-state index is 12.8. The Balaban J connectivity index is 1.84. The molecule has 0 aromatic heterocycles. The molecule has 132 valence electrons. The van der Waals surface area contributed by atoms with Crippen molar-refractivity contribution < 1.29 is 9.53 Å². The Kier molecular flexibility index (Phi) is 5.87. The number of rotatable bonds is 5. The number of nitrogens with zero attached hydrogens (tertiary/aromatic N) is 1. The molecule has 0 atom stereocenters. The highest BCUT2D eigenvalue weighted by atomic mass is 32.2. The minimum Gasteiger partial charge on any atom is -0.496 e. The number of ether oxygens (including phenoxy) is 1. The van der Waals surface area contributed by atoms with Gasteiger partial charge in [-0.15, -0.1) is 11.8 Å². The summed E-state index contributed by atoms with van der Waals surface area (Å²) in [4.78, 5) is 16.2. The topological polar surface area (TPSA) is 41.6 Å². The van der Waals surface area contributed by atoms with Crippen molar-refractivity contribution in [2.24, 2.45) is 0 Å². The molecule has 2 aromatic rings. The number of carbonyl (C=O) groups is 1. The lowest BCUT2D eigenvalue weighted by atomic mass is 10.1. The van der Waals surface area contributed by atoms with E-state index in [0.29, 0.717) is 11.3 Å². The molecule has 1 aliphatic heterocycles. The van der Waals surface area contributed by atoms with Gasteiger partial charge in [0.25, 0.3) is 5.91 Å². The van der Waals surface area contributed by atoms with Crippen LogP contribution in [0, 0.1) is 0 Å². The third-order valence-electron chi connectivity index (χ3n) is 4.50. The highest BCUT2D eigenvalue weighted by Gasteiger charge is 2.18. The summed E-state index contributed by atoms with van der Waals surface area (Å²) >= 11 is 1.63. The zero-order valence-electron chi connectivity index (χ0n) is 14.7. The van der Waals surface area contributed by atoms with Gasteiger partial charge < -0.3 is 15.0 Å². The Morgan fingerprint density at radius 3 is 2.60 bits per heavy atom. The minimum absolute atomic E-state index is 0.144. The summed E-state index contributed by atoms with van der Waals surface area (Å²) < 4.78 is 5.41. The first-order valence-electron chi connectivity index (χ1n) is 8.60. The SMILES string of the molecule is COc1cc(SC)ccc1C(=O)Nc1ccccc1N1CCCCC1. The molecule has 25 heavy (non-hydrogen) atoms. The first-order valence-corrected chi connectivity index (χ1v) is 9.83. The average Bonchev–Trinajstić information content (AvgIpc) is 2.68. The fourth-order valence-electron chi connectivity index (χ4n) is 3.17. The summed E-state index contributed by atoms with van der Waals surface area (Å²) in [6, 6.07) is 13.7. The predicted molar refractivity (Wildman–Crippen MR) is 105 cm³/mol. The zero-order chi connectivity index (χ0) is 17.6. The number of piperidine rings is 1. The van der Waals surface area contributed by atoms with Crippen LogP contribution in [0.2, 0.25) is 0 Å². The molecule has 0 unspecified atom stereocenters. The van der Waals surface area contributed by atoms with Gasteiger partial charge in [-0.1, -0.05) is 12.1 Å². The Morgan fingerprint density at radius 1 is 1.12 bits per heavy atom. The molecule has 0 aliphatic carbocycles. The first kappa shape index (κ1) is 17.7. The fourth-order valence-corrected chi connectivity index (χ4v) is 3.59. The molecule has 1 fully saturated rings. The van der Waals surface area contributed by atoms with E-state index in [2.05, 4.69) is 16.3 Å². The summed E-state index contributed by atoms with van der Waals surface area (Å²) in [5, 5.41) is 3.07. The Hall–Kier alpha value is -2.14. The number of nitrogens with one attached hydrogen (secondary N) is 1. The van der Waals surface area contributed by atoms with Gasteiger partial charge in [0, 0.05) is 18.0 Å². The van der Waals surface area contributed by atoms with Crippen molar-refractivity contribution in [1.29, 1.82) is 0 Å². The Labute approximate surface area is 153 Å². The Bertz CT molecular complexity index is 742. The van der Waals surface area contributed by atoms with Crippen LogP contribution in [0.3, 0.4) is 0 Å². The number of hydrogen-bond donors (Lipinski definition) is 1. The molecule has 2 aromatic carbocycles. The lowest BCUT2D eigenvalue weighted by Crippen LogP contribution is -2.30. The van der Waals surface area contributed by atoms with E-state index in [1.54, 1.807) is 18.9 Å². The molecule has 1 saturated heterocycles. The van der Waals surface area contributed by atoms with Crippen LogP contribution < -0.4 is 15.0 Å². The molecule has 1 aliphatic rings. The van der Waals surface area contributed by atoms with Crippen LogP contribution in [-0.2, 0) is 0 Å². The maximum Gasteiger partial charge on any atom is 0.259 e. The van der Waals surface area contributed by atoms with Gasteiger partial charge in [0.1, 0.15) is 5.75 Å². The maximum atomic E-state index is 12.8. The summed E-state index contributed by atoms with van der Waals surface area (Å²) in [5.41, 5.74) is 2.49.